The maximum Gasteiger partial charge on any atom is 0.305 e. The van der Waals surface area contributed by atoms with E-state index in [1.54, 1.807) is 0 Å². The number of ether oxygens (including phenoxy) is 1. The molecule has 1 aliphatic heterocycles. The van der Waals surface area contributed by atoms with Crippen molar-refractivity contribution in [2.75, 3.05) is 13.2 Å². The third kappa shape index (κ3) is 4.20. The minimum absolute atomic E-state index is 0.00514. The molecule has 20 heavy (non-hydrogen) atoms. The van der Waals surface area contributed by atoms with Crippen LogP contribution in [-0.2, 0) is 14.3 Å². The quantitative estimate of drug-likeness (QED) is 0.775. The molecule has 1 saturated heterocycles. The summed E-state index contributed by atoms with van der Waals surface area (Å²) in [6, 6.07) is 0. The number of nitrogens with one attached hydrogen (secondary N) is 1. The van der Waals surface area contributed by atoms with Crippen molar-refractivity contribution in [2.45, 2.75) is 63.3 Å². The minimum atomic E-state index is -0.854. The summed E-state index contributed by atoms with van der Waals surface area (Å²) in [5, 5.41) is 12.2. The molecule has 5 nitrogen and oxygen atoms in total. The van der Waals surface area contributed by atoms with Gasteiger partial charge in [0.2, 0.25) is 5.91 Å². The summed E-state index contributed by atoms with van der Waals surface area (Å²) in [5.74, 6) is -0.742. The molecule has 1 saturated carbocycles. The van der Waals surface area contributed by atoms with E-state index in [0.717, 1.165) is 25.7 Å². The summed E-state index contributed by atoms with van der Waals surface area (Å²) in [6.07, 6.45) is 7.68. The Kier molecular flexibility index (Phi) is 5.40. The zero-order valence-electron chi connectivity index (χ0n) is 12.0. The molecule has 1 aliphatic carbocycles. The topological polar surface area (TPSA) is 75.6 Å². The molecule has 0 radical (unpaired) electrons. The van der Waals surface area contributed by atoms with Gasteiger partial charge in [-0.1, -0.05) is 25.7 Å². The van der Waals surface area contributed by atoms with E-state index in [0.29, 0.717) is 26.1 Å². The lowest BCUT2D eigenvalue weighted by Crippen LogP contribution is -2.54. The van der Waals surface area contributed by atoms with E-state index in [9.17, 15) is 9.59 Å². The molecule has 114 valence electrons. The summed E-state index contributed by atoms with van der Waals surface area (Å²) in [4.78, 5) is 23.6. The second-order valence-corrected chi connectivity index (χ2v) is 6.14. The highest BCUT2D eigenvalue weighted by Gasteiger charge is 2.37. The van der Waals surface area contributed by atoms with Crippen molar-refractivity contribution < 1.29 is 19.4 Å². The Morgan fingerprint density at radius 2 is 1.70 bits per heavy atom. The zero-order valence-corrected chi connectivity index (χ0v) is 12.0. The van der Waals surface area contributed by atoms with Gasteiger partial charge in [0.1, 0.15) is 0 Å². The molecule has 0 aromatic rings. The van der Waals surface area contributed by atoms with E-state index in [2.05, 4.69) is 5.32 Å². The number of carboxylic acid groups (broad SMARTS) is 1. The van der Waals surface area contributed by atoms with Crippen molar-refractivity contribution in [3.63, 3.8) is 0 Å². The van der Waals surface area contributed by atoms with Gasteiger partial charge in [-0.25, -0.2) is 0 Å². The molecule has 1 amide bonds. The van der Waals surface area contributed by atoms with Crippen LogP contribution in [0.4, 0.5) is 0 Å². The van der Waals surface area contributed by atoms with Crippen molar-refractivity contribution in [1.29, 1.82) is 0 Å². The van der Waals surface area contributed by atoms with Gasteiger partial charge in [-0.05, 0) is 25.7 Å². The van der Waals surface area contributed by atoms with Gasteiger partial charge in [-0.3, -0.25) is 9.59 Å². The first-order valence-corrected chi connectivity index (χ1v) is 7.73. The number of amides is 1. The summed E-state index contributed by atoms with van der Waals surface area (Å²) < 4.78 is 5.31. The van der Waals surface area contributed by atoms with E-state index >= 15 is 0 Å². The molecule has 0 aromatic heterocycles. The molecule has 0 aromatic carbocycles. The van der Waals surface area contributed by atoms with Crippen LogP contribution in [0.1, 0.15) is 57.8 Å². The van der Waals surface area contributed by atoms with E-state index < -0.39 is 11.5 Å². The predicted octanol–water partition coefficient (Wildman–Crippen LogP) is 2.10. The van der Waals surface area contributed by atoms with Crippen molar-refractivity contribution >= 4 is 11.9 Å². The summed E-state index contributed by atoms with van der Waals surface area (Å²) in [5.41, 5.74) is -0.604. The zero-order chi connectivity index (χ0) is 14.4. The lowest BCUT2D eigenvalue weighted by Gasteiger charge is -2.37. The van der Waals surface area contributed by atoms with Crippen molar-refractivity contribution in [2.24, 2.45) is 5.92 Å². The van der Waals surface area contributed by atoms with Gasteiger partial charge < -0.3 is 15.2 Å². The number of aliphatic carboxylic acids is 1. The van der Waals surface area contributed by atoms with Crippen molar-refractivity contribution in [1.82, 2.24) is 5.32 Å². The standard InChI is InChI=1S/C15H25NO4/c17-13(18)11-15(7-9-20-10-8-15)16-14(19)12-5-3-1-2-4-6-12/h12H,1-11H2,(H,16,19)(H,17,18). The average molecular weight is 283 g/mol. The Balaban J connectivity index is 1.98. The van der Waals surface area contributed by atoms with Crippen LogP contribution >= 0.6 is 0 Å². The predicted molar refractivity (Wildman–Crippen MR) is 74.4 cm³/mol. The summed E-state index contributed by atoms with van der Waals surface area (Å²) in [7, 11) is 0. The number of carboxylic acids is 1. The Morgan fingerprint density at radius 3 is 2.25 bits per heavy atom. The molecule has 0 spiro atoms. The largest absolute Gasteiger partial charge is 0.481 e. The minimum Gasteiger partial charge on any atom is -0.481 e. The lowest BCUT2D eigenvalue weighted by molar-refractivity contribution is -0.141. The molecular formula is C15H25NO4. The lowest BCUT2D eigenvalue weighted by atomic mass is 9.85. The van der Waals surface area contributed by atoms with E-state index in [1.165, 1.54) is 12.8 Å². The Bertz CT molecular complexity index is 342. The Labute approximate surface area is 120 Å². The molecular weight excluding hydrogens is 258 g/mol. The monoisotopic (exact) mass is 283 g/mol. The van der Waals surface area contributed by atoms with Gasteiger partial charge in [0.25, 0.3) is 0 Å². The molecule has 0 unspecified atom stereocenters. The highest BCUT2D eigenvalue weighted by atomic mass is 16.5. The highest BCUT2D eigenvalue weighted by Crippen LogP contribution is 2.28. The van der Waals surface area contributed by atoms with Crippen LogP contribution in [0.3, 0.4) is 0 Å². The SMILES string of the molecule is O=C(O)CC1(NC(=O)C2CCCCCC2)CCOCC1. The first-order valence-electron chi connectivity index (χ1n) is 7.73. The first kappa shape index (κ1) is 15.3. The van der Waals surface area contributed by atoms with Crippen LogP contribution < -0.4 is 5.32 Å². The third-order valence-corrected chi connectivity index (χ3v) is 4.55. The molecule has 2 N–H and O–H groups in total. The van der Waals surface area contributed by atoms with Crippen LogP contribution in [0.25, 0.3) is 0 Å². The van der Waals surface area contributed by atoms with E-state index in [4.69, 9.17) is 9.84 Å². The molecule has 0 atom stereocenters. The molecule has 2 aliphatic rings. The Morgan fingerprint density at radius 1 is 1.10 bits per heavy atom. The van der Waals surface area contributed by atoms with Gasteiger partial charge in [-0.2, -0.15) is 0 Å². The smallest absolute Gasteiger partial charge is 0.305 e. The first-order chi connectivity index (χ1) is 9.61. The maximum absolute atomic E-state index is 12.5. The second kappa shape index (κ2) is 7.07. The van der Waals surface area contributed by atoms with Crippen LogP contribution in [0, 0.1) is 5.92 Å². The molecule has 0 bridgehead atoms. The van der Waals surface area contributed by atoms with Crippen LogP contribution in [0.15, 0.2) is 0 Å². The molecule has 2 fully saturated rings. The maximum atomic E-state index is 12.5. The highest BCUT2D eigenvalue weighted by molar-refractivity contribution is 5.80. The van der Waals surface area contributed by atoms with Gasteiger partial charge in [0, 0.05) is 19.1 Å². The number of hydrogen-bond donors (Lipinski definition) is 2. The van der Waals surface area contributed by atoms with Gasteiger partial charge in [0.15, 0.2) is 0 Å². The number of carbonyl (C=O) groups is 2. The molecule has 1 heterocycles. The number of carbonyl (C=O) groups excluding carboxylic acids is 1. The Hall–Kier alpha value is -1.10. The normalized spacial score (nSPS) is 23.8. The number of hydrogen-bond acceptors (Lipinski definition) is 3. The van der Waals surface area contributed by atoms with Crippen molar-refractivity contribution in [3.8, 4) is 0 Å². The number of rotatable bonds is 4. The average Bonchev–Trinajstić information content (AvgIpc) is 2.67. The van der Waals surface area contributed by atoms with Gasteiger partial charge in [-0.15, -0.1) is 0 Å². The summed E-state index contributed by atoms with van der Waals surface area (Å²) in [6.45, 7) is 1.05. The fourth-order valence-corrected chi connectivity index (χ4v) is 3.30. The van der Waals surface area contributed by atoms with Crippen LogP contribution in [-0.4, -0.2) is 35.7 Å². The third-order valence-electron chi connectivity index (χ3n) is 4.55. The molecule has 5 heteroatoms. The van der Waals surface area contributed by atoms with Crippen molar-refractivity contribution in [3.05, 3.63) is 0 Å². The van der Waals surface area contributed by atoms with E-state index in [-0.39, 0.29) is 18.2 Å². The summed E-state index contributed by atoms with van der Waals surface area (Å²) >= 11 is 0. The second-order valence-electron chi connectivity index (χ2n) is 6.14. The van der Waals surface area contributed by atoms with Crippen LogP contribution in [0.5, 0.6) is 0 Å². The van der Waals surface area contributed by atoms with Crippen LogP contribution in [0.2, 0.25) is 0 Å². The fraction of sp³-hybridized carbons (Fsp3) is 0.867. The molecule has 2 rings (SSSR count). The van der Waals surface area contributed by atoms with Gasteiger partial charge in [0.05, 0.1) is 12.0 Å². The van der Waals surface area contributed by atoms with E-state index in [1.807, 2.05) is 0 Å². The fourth-order valence-electron chi connectivity index (χ4n) is 3.30. The van der Waals surface area contributed by atoms with Gasteiger partial charge >= 0.3 is 5.97 Å².